The van der Waals surface area contributed by atoms with Crippen LogP contribution in [0.5, 0.6) is 0 Å². The predicted molar refractivity (Wildman–Crippen MR) is 66.2 cm³/mol. The summed E-state index contributed by atoms with van der Waals surface area (Å²) in [6, 6.07) is 8.25. The average molecular weight is 232 g/mol. The third-order valence-electron chi connectivity index (χ3n) is 2.25. The van der Waals surface area contributed by atoms with E-state index in [2.05, 4.69) is 34.4 Å². The molecule has 1 heterocycles. The first kappa shape index (κ1) is 10.8. The van der Waals surface area contributed by atoms with E-state index in [9.17, 15) is 0 Å². The molecule has 0 fully saturated rings. The lowest BCUT2D eigenvalue weighted by molar-refractivity contribution is 0.863. The van der Waals surface area contributed by atoms with Crippen molar-refractivity contribution in [3.8, 4) is 0 Å². The molecule has 0 atom stereocenters. The van der Waals surface area contributed by atoms with Gasteiger partial charge in [-0.3, -0.25) is 5.10 Å². The Morgan fingerprint density at radius 3 is 2.75 bits per heavy atom. The van der Waals surface area contributed by atoms with Crippen molar-refractivity contribution in [3.63, 3.8) is 0 Å². The fourth-order valence-electron chi connectivity index (χ4n) is 1.29. The fraction of sp³-hybridized carbons (Fsp3) is 0.182. The highest BCUT2D eigenvalue weighted by Gasteiger charge is 1.91. The molecule has 82 valence electrons. The summed E-state index contributed by atoms with van der Waals surface area (Å²) in [5.41, 5.74) is 2.36. The number of nitrogens with one attached hydrogen (secondary N) is 1. The Kier molecular flexibility index (Phi) is 3.26. The molecular formula is C11H12N4S. The van der Waals surface area contributed by atoms with Crippen molar-refractivity contribution in [1.82, 2.24) is 14.9 Å². The van der Waals surface area contributed by atoms with Crippen molar-refractivity contribution in [1.29, 1.82) is 0 Å². The molecule has 0 saturated heterocycles. The van der Waals surface area contributed by atoms with E-state index in [0.717, 1.165) is 12.0 Å². The lowest BCUT2D eigenvalue weighted by atomic mass is 10.1. The SMILES string of the molecule is CCc1ccc(/C=N/n2cn[nH]c2=S)cc1. The summed E-state index contributed by atoms with van der Waals surface area (Å²) in [6.45, 7) is 2.13. The van der Waals surface area contributed by atoms with Crippen molar-refractivity contribution in [2.24, 2.45) is 5.10 Å². The normalized spacial score (nSPS) is 11.1. The molecule has 0 spiro atoms. The molecule has 4 nitrogen and oxygen atoms in total. The van der Waals surface area contributed by atoms with Crippen LogP contribution >= 0.6 is 12.2 Å². The van der Waals surface area contributed by atoms with E-state index in [1.165, 1.54) is 10.2 Å². The summed E-state index contributed by atoms with van der Waals surface area (Å²) in [5, 5.41) is 10.6. The second-order valence-corrected chi connectivity index (χ2v) is 3.73. The number of nitrogens with zero attached hydrogens (tertiary/aromatic N) is 3. The van der Waals surface area contributed by atoms with Crippen LogP contribution in [-0.2, 0) is 6.42 Å². The maximum atomic E-state index is 4.97. The Labute approximate surface area is 98.6 Å². The summed E-state index contributed by atoms with van der Waals surface area (Å²) < 4.78 is 2.00. The maximum absolute atomic E-state index is 4.97. The van der Waals surface area contributed by atoms with Crippen molar-refractivity contribution in [2.45, 2.75) is 13.3 Å². The topological polar surface area (TPSA) is 46.0 Å². The van der Waals surface area contributed by atoms with Gasteiger partial charge in [-0.15, -0.1) is 0 Å². The van der Waals surface area contributed by atoms with Gasteiger partial charge in [0.1, 0.15) is 6.33 Å². The monoisotopic (exact) mass is 232 g/mol. The number of aryl methyl sites for hydroxylation is 1. The Morgan fingerprint density at radius 1 is 1.44 bits per heavy atom. The molecule has 0 saturated carbocycles. The van der Waals surface area contributed by atoms with Crippen LogP contribution in [0.2, 0.25) is 0 Å². The van der Waals surface area contributed by atoms with Crippen LogP contribution in [0.4, 0.5) is 0 Å². The number of H-pyrrole nitrogens is 1. The fourth-order valence-corrected chi connectivity index (χ4v) is 1.44. The van der Waals surface area contributed by atoms with E-state index in [1.807, 2.05) is 12.1 Å². The molecule has 0 aliphatic rings. The molecule has 1 aromatic heterocycles. The minimum Gasteiger partial charge on any atom is -0.250 e. The highest BCUT2D eigenvalue weighted by molar-refractivity contribution is 7.71. The zero-order chi connectivity index (χ0) is 11.4. The molecule has 0 unspecified atom stereocenters. The molecule has 5 heteroatoms. The Bertz CT molecular complexity index is 536. The van der Waals surface area contributed by atoms with Crippen LogP contribution in [0.3, 0.4) is 0 Å². The second-order valence-electron chi connectivity index (χ2n) is 3.35. The van der Waals surface area contributed by atoms with E-state index < -0.39 is 0 Å². The lowest BCUT2D eigenvalue weighted by Crippen LogP contribution is -1.89. The molecule has 0 amide bonds. The molecule has 1 aromatic carbocycles. The van der Waals surface area contributed by atoms with Gasteiger partial charge < -0.3 is 0 Å². The first-order valence-electron chi connectivity index (χ1n) is 5.05. The Balaban J connectivity index is 2.18. The van der Waals surface area contributed by atoms with Gasteiger partial charge in [0.2, 0.25) is 4.77 Å². The molecule has 2 aromatic rings. The van der Waals surface area contributed by atoms with Gasteiger partial charge in [0.15, 0.2) is 0 Å². The van der Waals surface area contributed by atoms with Gasteiger partial charge in [-0.25, -0.2) is 0 Å². The maximum Gasteiger partial charge on any atom is 0.216 e. The first-order valence-corrected chi connectivity index (χ1v) is 5.45. The molecule has 2 rings (SSSR count). The standard InChI is InChI=1S/C11H12N4S/c1-2-9-3-5-10(6-4-9)7-13-15-8-12-14-11(15)16/h3-8H,2H2,1H3,(H,14,16)/b13-7+. The van der Waals surface area contributed by atoms with Crippen molar-refractivity contribution in [2.75, 3.05) is 0 Å². The van der Waals surface area contributed by atoms with Gasteiger partial charge in [-0.05, 0) is 29.8 Å². The van der Waals surface area contributed by atoms with Crippen LogP contribution in [0.1, 0.15) is 18.1 Å². The molecule has 0 radical (unpaired) electrons. The van der Waals surface area contributed by atoms with E-state index in [-0.39, 0.29) is 0 Å². The Morgan fingerprint density at radius 2 is 2.19 bits per heavy atom. The average Bonchev–Trinajstić information content (AvgIpc) is 2.73. The first-order chi connectivity index (χ1) is 7.79. The van der Waals surface area contributed by atoms with Gasteiger partial charge in [-0.1, -0.05) is 31.2 Å². The summed E-state index contributed by atoms with van der Waals surface area (Å²) in [5.74, 6) is 0. The molecular weight excluding hydrogens is 220 g/mol. The quantitative estimate of drug-likeness (QED) is 0.652. The van der Waals surface area contributed by atoms with Crippen molar-refractivity contribution < 1.29 is 0 Å². The van der Waals surface area contributed by atoms with Crippen LogP contribution in [0, 0.1) is 4.77 Å². The van der Waals surface area contributed by atoms with Crippen molar-refractivity contribution in [3.05, 3.63) is 46.5 Å². The summed E-state index contributed by atoms with van der Waals surface area (Å²) in [7, 11) is 0. The number of hydrogen-bond donors (Lipinski definition) is 1. The van der Waals surface area contributed by atoms with Crippen LogP contribution in [-0.4, -0.2) is 21.1 Å². The van der Waals surface area contributed by atoms with Gasteiger partial charge >= 0.3 is 0 Å². The highest BCUT2D eigenvalue weighted by Crippen LogP contribution is 2.03. The third kappa shape index (κ3) is 2.43. The molecule has 1 N–H and O–H groups in total. The minimum atomic E-state index is 0.487. The van der Waals surface area contributed by atoms with Gasteiger partial charge in [0.25, 0.3) is 0 Å². The van der Waals surface area contributed by atoms with E-state index in [4.69, 9.17) is 12.2 Å². The highest BCUT2D eigenvalue weighted by atomic mass is 32.1. The van der Waals surface area contributed by atoms with Gasteiger partial charge in [0.05, 0.1) is 6.21 Å². The van der Waals surface area contributed by atoms with Crippen LogP contribution in [0.15, 0.2) is 35.7 Å². The number of benzene rings is 1. The second kappa shape index (κ2) is 4.85. The zero-order valence-corrected chi connectivity index (χ0v) is 9.74. The molecule has 0 aliphatic carbocycles. The summed E-state index contributed by atoms with van der Waals surface area (Å²) in [4.78, 5) is 0. The largest absolute Gasteiger partial charge is 0.250 e. The van der Waals surface area contributed by atoms with E-state index >= 15 is 0 Å². The number of aromatic amines is 1. The van der Waals surface area contributed by atoms with E-state index in [0.29, 0.717) is 4.77 Å². The molecule has 0 bridgehead atoms. The molecule has 16 heavy (non-hydrogen) atoms. The number of hydrogen-bond acceptors (Lipinski definition) is 3. The van der Waals surface area contributed by atoms with Crippen LogP contribution in [0.25, 0.3) is 0 Å². The predicted octanol–water partition coefficient (Wildman–Crippen LogP) is 2.39. The molecule has 0 aliphatic heterocycles. The Hall–Kier alpha value is -1.75. The third-order valence-corrected chi connectivity index (χ3v) is 2.53. The summed E-state index contributed by atoms with van der Waals surface area (Å²) >= 11 is 4.97. The smallest absolute Gasteiger partial charge is 0.216 e. The number of aromatic nitrogens is 3. The van der Waals surface area contributed by atoms with Gasteiger partial charge in [-0.2, -0.15) is 14.9 Å². The number of rotatable bonds is 3. The lowest BCUT2D eigenvalue weighted by Gasteiger charge is -1.96. The van der Waals surface area contributed by atoms with Crippen molar-refractivity contribution >= 4 is 18.4 Å². The van der Waals surface area contributed by atoms with Crippen LogP contribution < -0.4 is 0 Å². The van der Waals surface area contributed by atoms with E-state index in [1.54, 1.807) is 12.5 Å². The minimum absolute atomic E-state index is 0.487. The summed E-state index contributed by atoms with van der Waals surface area (Å²) in [6.07, 6.45) is 4.34. The van der Waals surface area contributed by atoms with Gasteiger partial charge in [0, 0.05) is 0 Å². The zero-order valence-electron chi connectivity index (χ0n) is 8.92.